The smallest absolute Gasteiger partial charge is 0.0486 e. The molecule has 0 amide bonds. The van der Waals surface area contributed by atoms with E-state index in [-0.39, 0.29) is 0 Å². The standard InChI is InChI=1S/C16H19N2/c1-17-8-4-6-12-13-5-3-7-14-16(13)11(9-15(12)17)10-18(14)2/h3,5,7,10,12,15H,2,4,6,8-9H2,1H3/t12-,15-/m0/s1. The van der Waals surface area contributed by atoms with E-state index in [1.165, 1.54) is 42.3 Å². The molecule has 1 aromatic heterocycles. The van der Waals surface area contributed by atoms with Gasteiger partial charge in [-0.2, -0.15) is 0 Å². The zero-order valence-corrected chi connectivity index (χ0v) is 10.9. The molecule has 2 aromatic rings. The van der Waals surface area contributed by atoms with Crippen LogP contribution in [0.4, 0.5) is 0 Å². The highest BCUT2D eigenvalue weighted by Gasteiger charge is 2.35. The Bertz CT molecular complexity index is 611. The maximum Gasteiger partial charge on any atom is 0.0486 e. The van der Waals surface area contributed by atoms with Gasteiger partial charge in [0.05, 0.1) is 0 Å². The van der Waals surface area contributed by atoms with E-state index in [0.717, 1.165) is 5.92 Å². The predicted molar refractivity (Wildman–Crippen MR) is 74.8 cm³/mol. The third-order valence-electron chi connectivity index (χ3n) is 4.90. The number of likely N-dealkylation sites (tertiary alicyclic amines) is 1. The van der Waals surface area contributed by atoms with Gasteiger partial charge in [-0.15, -0.1) is 0 Å². The second kappa shape index (κ2) is 3.61. The summed E-state index contributed by atoms with van der Waals surface area (Å²) in [6.45, 7) is 1.25. The number of fused-ring (bicyclic) bond motifs is 2. The van der Waals surface area contributed by atoms with Crippen molar-refractivity contribution in [1.82, 2.24) is 9.47 Å². The molecule has 0 N–H and O–H groups in total. The van der Waals surface area contributed by atoms with Crippen LogP contribution >= 0.6 is 0 Å². The molecule has 2 nitrogen and oxygen atoms in total. The Labute approximate surface area is 108 Å². The third-order valence-corrected chi connectivity index (χ3v) is 4.90. The summed E-state index contributed by atoms with van der Waals surface area (Å²) in [5.41, 5.74) is 4.35. The fourth-order valence-corrected chi connectivity index (χ4v) is 4.04. The van der Waals surface area contributed by atoms with Crippen molar-refractivity contribution < 1.29 is 0 Å². The molecular formula is C16H19N2. The van der Waals surface area contributed by atoms with E-state index in [4.69, 9.17) is 0 Å². The summed E-state index contributed by atoms with van der Waals surface area (Å²) in [5, 5.41) is 1.49. The van der Waals surface area contributed by atoms with Crippen molar-refractivity contribution in [3.63, 3.8) is 0 Å². The monoisotopic (exact) mass is 239 g/mol. The lowest BCUT2D eigenvalue weighted by Gasteiger charge is -2.42. The molecule has 4 rings (SSSR count). The number of hydrogen-bond donors (Lipinski definition) is 0. The van der Waals surface area contributed by atoms with E-state index in [1.807, 2.05) is 4.57 Å². The minimum absolute atomic E-state index is 0.694. The predicted octanol–water partition coefficient (Wildman–Crippen LogP) is 3.01. The number of aromatic nitrogens is 1. The zero-order valence-electron chi connectivity index (χ0n) is 10.9. The molecule has 2 heteroatoms. The van der Waals surface area contributed by atoms with Crippen LogP contribution in [0.25, 0.3) is 10.9 Å². The number of benzene rings is 1. The first kappa shape index (κ1) is 10.6. The van der Waals surface area contributed by atoms with Crippen LogP contribution in [0.15, 0.2) is 24.4 Å². The summed E-state index contributed by atoms with van der Waals surface area (Å²) in [4.78, 5) is 2.55. The van der Waals surface area contributed by atoms with Gasteiger partial charge in [-0.05, 0) is 50.0 Å². The van der Waals surface area contributed by atoms with Gasteiger partial charge in [0.2, 0.25) is 0 Å². The second-order valence-corrected chi connectivity index (χ2v) is 5.87. The average molecular weight is 239 g/mol. The van der Waals surface area contributed by atoms with Gasteiger partial charge in [-0.3, -0.25) is 0 Å². The van der Waals surface area contributed by atoms with E-state index in [0.29, 0.717) is 6.04 Å². The van der Waals surface area contributed by atoms with Gasteiger partial charge in [0.15, 0.2) is 0 Å². The minimum Gasteiger partial charge on any atom is -0.345 e. The summed E-state index contributed by atoms with van der Waals surface area (Å²) < 4.78 is 2.05. The van der Waals surface area contributed by atoms with Gasteiger partial charge < -0.3 is 9.47 Å². The Morgan fingerprint density at radius 2 is 2.22 bits per heavy atom. The summed E-state index contributed by atoms with van der Waals surface area (Å²) in [6.07, 6.45) is 6.09. The molecule has 18 heavy (non-hydrogen) atoms. The van der Waals surface area contributed by atoms with Gasteiger partial charge in [-0.1, -0.05) is 12.1 Å². The van der Waals surface area contributed by atoms with Crippen LogP contribution in [-0.2, 0) is 6.42 Å². The SMILES string of the molecule is [CH2]n1cc2c3c(cccc31)[C@@H]1CCCN(C)[C@H]1C2. The molecule has 93 valence electrons. The van der Waals surface area contributed by atoms with Gasteiger partial charge >= 0.3 is 0 Å². The van der Waals surface area contributed by atoms with Crippen molar-refractivity contribution in [2.24, 2.45) is 0 Å². The molecule has 1 fully saturated rings. The van der Waals surface area contributed by atoms with E-state index < -0.39 is 0 Å². The highest BCUT2D eigenvalue weighted by atomic mass is 15.1. The number of piperidine rings is 1. The van der Waals surface area contributed by atoms with Gasteiger partial charge in [-0.25, -0.2) is 0 Å². The average Bonchev–Trinajstić information content (AvgIpc) is 2.70. The minimum atomic E-state index is 0.694. The number of rotatable bonds is 0. The van der Waals surface area contributed by atoms with E-state index in [1.54, 1.807) is 5.56 Å². The zero-order chi connectivity index (χ0) is 12.3. The first-order valence-electron chi connectivity index (χ1n) is 6.89. The van der Waals surface area contributed by atoms with Crippen molar-refractivity contribution in [2.75, 3.05) is 13.6 Å². The van der Waals surface area contributed by atoms with Crippen molar-refractivity contribution >= 4 is 10.9 Å². The lowest BCUT2D eigenvalue weighted by molar-refractivity contribution is 0.157. The maximum atomic E-state index is 4.13. The first-order chi connectivity index (χ1) is 8.75. The molecule has 1 saturated heterocycles. The Kier molecular flexibility index (Phi) is 2.13. The molecule has 2 atom stereocenters. The largest absolute Gasteiger partial charge is 0.345 e. The Morgan fingerprint density at radius 3 is 3.11 bits per heavy atom. The highest BCUT2D eigenvalue weighted by Crippen LogP contribution is 2.43. The van der Waals surface area contributed by atoms with Crippen LogP contribution in [0.1, 0.15) is 29.9 Å². The molecule has 1 aliphatic carbocycles. The number of hydrogen-bond acceptors (Lipinski definition) is 1. The molecule has 0 unspecified atom stereocenters. The summed E-state index contributed by atoms with van der Waals surface area (Å²) in [5.74, 6) is 0.724. The molecular weight excluding hydrogens is 220 g/mol. The van der Waals surface area contributed by atoms with Crippen LogP contribution < -0.4 is 0 Å². The van der Waals surface area contributed by atoms with Crippen LogP contribution in [-0.4, -0.2) is 29.1 Å². The highest BCUT2D eigenvalue weighted by molar-refractivity contribution is 5.89. The lowest BCUT2D eigenvalue weighted by Crippen LogP contribution is -2.44. The maximum absolute atomic E-state index is 4.13. The van der Waals surface area contributed by atoms with Crippen LogP contribution in [0, 0.1) is 7.05 Å². The van der Waals surface area contributed by atoms with Crippen LogP contribution in [0.2, 0.25) is 0 Å². The Balaban J connectivity index is 1.97. The molecule has 1 radical (unpaired) electrons. The molecule has 1 aromatic carbocycles. The summed E-state index contributed by atoms with van der Waals surface area (Å²) in [7, 11) is 6.41. The van der Waals surface area contributed by atoms with E-state index in [9.17, 15) is 0 Å². The van der Waals surface area contributed by atoms with Crippen molar-refractivity contribution in [3.8, 4) is 0 Å². The first-order valence-corrected chi connectivity index (χ1v) is 6.89. The van der Waals surface area contributed by atoms with Gasteiger partial charge in [0.1, 0.15) is 0 Å². The molecule has 1 aliphatic heterocycles. The van der Waals surface area contributed by atoms with Gasteiger partial charge in [0, 0.05) is 36.1 Å². The molecule has 2 aliphatic rings. The van der Waals surface area contributed by atoms with Crippen molar-refractivity contribution in [2.45, 2.75) is 31.2 Å². The fourth-order valence-electron chi connectivity index (χ4n) is 4.04. The van der Waals surface area contributed by atoms with Crippen molar-refractivity contribution in [3.05, 3.63) is 42.6 Å². The third kappa shape index (κ3) is 1.27. The second-order valence-electron chi connectivity index (χ2n) is 5.87. The Morgan fingerprint density at radius 1 is 1.33 bits per heavy atom. The van der Waals surface area contributed by atoms with Crippen LogP contribution in [0.5, 0.6) is 0 Å². The topological polar surface area (TPSA) is 8.17 Å². The Hall–Kier alpha value is -1.28. The van der Waals surface area contributed by atoms with Crippen molar-refractivity contribution in [1.29, 1.82) is 0 Å². The van der Waals surface area contributed by atoms with Crippen LogP contribution in [0.3, 0.4) is 0 Å². The lowest BCUT2D eigenvalue weighted by atomic mass is 9.75. The summed E-state index contributed by atoms with van der Waals surface area (Å²) in [6, 6.07) is 7.42. The number of nitrogens with zero attached hydrogens (tertiary/aromatic N) is 2. The summed E-state index contributed by atoms with van der Waals surface area (Å²) >= 11 is 0. The number of likely N-dealkylation sites (N-methyl/N-ethyl adjacent to an activating group) is 1. The normalized spacial score (nSPS) is 27.4. The molecule has 0 saturated carbocycles. The van der Waals surface area contributed by atoms with Gasteiger partial charge in [0.25, 0.3) is 0 Å². The van der Waals surface area contributed by atoms with E-state index in [2.05, 4.69) is 43.4 Å². The fraction of sp³-hybridized carbons (Fsp3) is 0.438. The molecule has 2 heterocycles. The molecule has 0 spiro atoms. The quantitative estimate of drug-likeness (QED) is 0.686. The molecule has 0 bridgehead atoms. The van der Waals surface area contributed by atoms with E-state index >= 15 is 0 Å².